The molecule has 2 aliphatic rings. The predicted molar refractivity (Wildman–Crippen MR) is 148 cm³/mol. The number of carboxylic acid groups (broad SMARTS) is 1. The second kappa shape index (κ2) is 10.6. The Morgan fingerprint density at radius 1 is 1.38 bits per heavy atom. The van der Waals surface area contributed by atoms with E-state index >= 15 is 0 Å². The molecule has 19 heteroatoms. The Morgan fingerprint density at radius 2 is 2.15 bits per heavy atom. The van der Waals surface area contributed by atoms with Crippen molar-refractivity contribution in [2.24, 2.45) is 17.6 Å². The molecule has 40 heavy (non-hydrogen) atoms. The summed E-state index contributed by atoms with van der Waals surface area (Å²) in [4.78, 5) is 53.5. The number of anilines is 3. The molecule has 3 aromatic rings. The van der Waals surface area contributed by atoms with Crippen LogP contribution in [0.1, 0.15) is 12.6 Å². The van der Waals surface area contributed by atoms with Crippen LogP contribution in [-0.4, -0.2) is 89.2 Å². The second-order valence-electron chi connectivity index (χ2n) is 9.07. The van der Waals surface area contributed by atoms with Crippen molar-refractivity contribution in [1.29, 1.82) is 0 Å². The van der Waals surface area contributed by atoms with Gasteiger partial charge < -0.3 is 37.4 Å². The highest BCUT2D eigenvalue weighted by atomic mass is 32.2. The number of aryl methyl sites for hydroxylation is 1. The van der Waals surface area contributed by atoms with Gasteiger partial charge in [-0.3, -0.25) is 14.4 Å². The van der Waals surface area contributed by atoms with Crippen LogP contribution in [0.2, 0.25) is 0 Å². The summed E-state index contributed by atoms with van der Waals surface area (Å²) in [6, 6.07) is 0.754. The van der Waals surface area contributed by atoms with Crippen LogP contribution in [0, 0.1) is 5.41 Å². The van der Waals surface area contributed by atoms with E-state index in [0.717, 1.165) is 23.1 Å². The maximum atomic E-state index is 13.1. The van der Waals surface area contributed by atoms with Crippen LogP contribution in [0.25, 0.3) is 5.65 Å². The molecule has 3 atom stereocenters. The van der Waals surface area contributed by atoms with Crippen LogP contribution in [0.3, 0.4) is 0 Å². The number of amides is 2. The molecule has 0 saturated carbocycles. The lowest BCUT2D eigenvalue weighted by atomic mass is 9.89. The van der Waals surface area contributed by atoms with Gasteiger partial charge in [0.05, 0.1) is 7.05 Å². The number of aliphatic carboxylic acids is 1. The Balaban J connectivity index is 1.29. The zero-order chi connectivity index (χ0) is 28.8. The zero-order valence-electron chi connectivity index (χ0n) is 21.3. The monoisotopic (exact) mass is 608 g/mol. The van der Waals surface area contributed by atoms with Crippen LogP contribution in [0.15, 0.2) is 21.8 Å². The summed E-state index contributed by atoms with van der Waals surface area (Å²) in [6.45, 7) is 1.90. The highest BCUT2D eigenvalue weighted by Crippen LogP contribution is 2.44. The van der Waals surface area contributed by atoms with Gasteiger partial charge in [0.25, 0.3) is 5.91 Å². The summed E-state index contributed by atoms with van der Waals surface area (Å²) in [6.07, 6.45) is 0. The quantitative estimate of drug-likeness (QED) is 0.0478. The molecule has 0 aromatic carbocycles. The Labute approximate surface area is 239 Å². The number of thioether (sulfide) groups is 2. The highest BCUT2D eigenvalue weighted by Gasteiger charge is 2.57. The van der Waals surface area contributed by atoms with Crippen molar-refractivity contribution in [1.82, 2.24) is 29.8 Å². The maximum Gasteiger partial charge on any atom is 0.376 e. The number of carbonyl (C=O) groups is 3. The lowest BCUT2D eigenvalue weighted by Gasteiger charge is -2.53. The third-order valence-corrected chi connectivity index (χ3v) is 9.90. The number of β-lactam (4-membered cyclic amide) rings is 1. The number of nitrogens with two attached hydrogens (primary N) is 3. The number of aromatic nitrogens is 5. The van der Waals surface area contributed by atoms with Gasteiger partial charge in [0, 0.05) is 34.6 Å². The minimum absolute atomic E-state index is 0.0405. The first kappa shape index (κ1) is 27.7. The van der Waals surface area contributed by atoms with Crippen molar-refractivity contribution >= 4 is 80.9 Å². The Hall–Kier alpha value is -3.84. The first-order valence-corrected chi connectivity index (χ1v) is 14.8. The zero-order valence-corrected chi connectivity index (χ0v) is 23.8. The lowest BCUT2D eigenvalue weighted by Crippen LogP contribution is -2.74. The summed E-state index contributed by atoms with van der Waals surface area (Å²) in [7, 11) is 1.73. The Kier molecular flexibility index (Phi) is 7.36. The molecule has 212 valence electrons. The van der Waals surface area contributed by atoms with Crippen molar-refractivity contribution in [3.63, 3.8) is 0 Å². The van der Waals surface area contributed by atoms with Crippen molar-refractivity contribution in [3.8, 4) is 0 Å². The number of carbonyl (C=O) groups excluding carboxylic acids is 2. The van der Waals surface area contributed by atoms with Gasteiger partial charge in [-0.1, -0.05) is 21.4 Å². The molecule has 16 nitrogen and oxygen atoms in total. The van der Waals surface area contributed by atoms with Crippen molar-refractivity contribution < 1.29 is 28.9 Å². The highest BCUT2D eigenvalue weighted by molar-refractivity contribution is 8.00. The number of hydrogen-bond donors (Lipinski definition) is 5. The fourth-order valence-corrected chi connectivity index (χ4v) is 7.61. The number of fused-ring (bicyclic) bond motifs is 2. The lowest BCUT2D eigenvalue weighted by molar-refractivity contribution is -0.631. The number of nitrogens with one attached hydrogen (secondary N) is 1. The molecule has 2 saturated heterocycles. The van der Waals surface area contributed by atoms with Crippen LogP contribution >= 0.6 is 34.9 Å². The first-order valence-electron chi connectivity index (χ1n) is 11.9. The Bertz CT molecular complexity index is 1540. The van der Waals surface area contributed by atoms with E-state index in [-0.39, 0.29) is 53.0 Å². The molecule has 5 heterocycles. The van der Waals surface area contributed by atoms with Crippen molar-refractivity contribution in [2.45, 2.75) is 23.5 Å². The summed E-state index contributed by atoms with van der Waals surface area (Å²) >= 11 is 3.58. The summed E-state index contributed by atoms with van der Waals surface area (Å²) in [5, 5.41) is 22.8. The van der Waals surface area contributed by atoms with Crippen LogP contribution in [-0.2, 0) is 26.3 Å². The van der Waals surface area contributed by atoms with Crippen molar-refractivity contribution in [3.05, 3.63) is 17.1 Å². The standard InChI is InChI=1S/C21H25N11O5S3/c1-3-37-29-12(9-5-38-19(24)25-9)14(33)27-13-15(34)31-6-21(17(35)36,7-39-16(13)31)8-40-20-26-10(22)4-11-30(2)18(23)28-32(11)20/h4-5,13,16,22H,3,6-8H2,1-2H3,(H6,23,24,25,27,28,33,35,36)/p+1/t13?,16-,21?/m1/s1. The van der Waals surface area contributed by atoms with Gasteiger partial charge >= 0.3 is 11.9 Å². The van der Waals surface area contributed by atoms with Gasteiger partial charge in [-0.2, -0.15) is 4.98 Å². The van der Waals surface area contributed by atoms with Gasteiger partial charge in [-0.05, 0) is 6.92 Å². The molecule has 0 aliphatic carbocycles. The van der Waals surface area contributed by atoms with E-state index < -0.39 is 34.6 Å². The van der Waals surface area contributed by atoms with Crippen LogP contribution in [0.5, 0.6) is 0 Å². The van der Waals surface area contributed by atoms with Gasteiger partial charge in [0.1, 0.15) is 34.9 Å². The summed E-state index contributed by atoms with van der Waals surface area (Å²) in [5.74, 6) is -1.34. The molecular formula is C21H26N11O5S3+. The van der Waals surface area contributed by atoms with Gasteiger partial charge in [0.15, 0.2) is 10.8 Å². The predicted octanol–water partition coefficient (Wildman–Crippen LogP) is -1.24. The van der Waals surface area contributed by atoms with E-state index in [4.69, 9.17) is 22.0 Å². The number of hydrogen-bond acceptors (Lipinski definition) is 14. The molecule has 2 fully saturated rings. The minimum atomic E-state index is -1.28. The van der Waals surface area contributed by atoms with E-state index in [1.165, 1.54) is 21.2 Å². The normalized spacial score (nSPS) is 22.6. The fraction of sp³-hybridized carbons (Fsp3) is 0.429. The number of rotatable bonds is 9. The largest absolute Gasteiger partial charge is 0.481 e. The number of oxime groups is 1. The number of nitrogen functional groups attached to an aromatic ring is 3. The van der Waals surface area contributed by atoms with E-state index in [1.54, 1.807) is 30.0 Å². The van der Waals surface area contributed by atoms with Crippen LogP contribution < -0.4 is 27.1 Å². The van der Waals surface area contributed by atoms with Gasteiger partial charge in [0.2, 0.25) is 16.7 Å². The Morgan fingerprint density at radius 3 is 2.83 bits per heavy atom. The number of thiazole rings is 1. The molecule has 2 aliphatic heterocycles. The smallest absolute Gasteiger partial charge is 0.376 e. The fourth-order valence-electron chi connectivity index (χ4n) is 4.24. The second-order valence-corrected chi connectivity index (χ2v) is 12.0. The van der Waals surface area contributed by atoms with E-state index in [1.807, 2.05) is 0 Å². The third kappa shape index (κ3) is 4.83. The SMILES string of the molecule is CCON=C(C(=O)NC1C(=O)N2CC(CSc3nc(N)cc4n3nc(N)[n+]4C)(C(=O)O)CS[C@H]12)c1csc(N)n1. The molecular weight excluding hydrogens is 583 g/mol. The average molecular weight is 609 g/mol. The molecule has 3 aromatic heterocycles. The molecule has 2 unspecified atom stereocenters. The third-order valence-electron chi connectivity index (χ3n) is 6.42. The van der Waals surface area contributed by atoms with Gasteiger partial charge in [-0.15, -0.1) is 23.1 Å². The number of carboxylic acids is 1. The number of nitrogens with zero attached hydrogens (tertiary/aromatic N) is 7. The molecule has 0 bridgehead atoms. The molecule has 5 rings (SSSR count). The minimum Gasteiger partial charge on any atom is -0.481 e. The van der Waals surface area contributed by atoms with Crippen LogP contribution in [0.4, 0.5) is 16.9 Å². The van der Waals surface area contributed by atoms with E-state index in [0.29, 0.717) is 10.8 Å². The van der Waals surface area contributed by atoms with E-state index in [9.17, 15) is 19.5 Å². The topological polar surface area (TPSA) is 233 Å². The first-order chi connectivity index (χ1) is 19.0. The molecule has 0 radical (unpaired) electrons. The van der Waals surface area contributed by atoms with Crippen molar-refractivity contribution in [2.75, 3.05) is 41.9 Å². The maximum absolute atomic E-state index is 13.1. The van der Waals surface area contributed by atoms with Gasteiger partial charge in [-0.25, -0.2) is 9.55 Å². The molecule has 2 amide bonds. The van der Waals surface area contributed by atoms with E-state index in [2.05, 4.69) is 25.5 Å². The molecule has 8 N–H and O–H groups in total. The molecule has 0 spiro atoms. The summed E-state index contributed by atoms with van der Waals surface area (Å²) < 4.78 is 3.14. The summed E-state index contributed by atoms with van der Waals surface area (Å²) in [5.41, 5.74) is 17.0. The average Bonchev–Trinajstić information content (AvgIpc) is 3.48.